The number of hydrogen-bond donors (Lipinski definition) is 3. The Morgan fingerprint density at radius 1 is 1.31 bits per heavy atom. The van der Waals surface area contributed by atoms with E-state index in [9.17, 15) is 4.79 Å². The number of aryl methyl sites for hydroxylation is 1. The van der Waals surface area contributed by atoms with Crippen LogP contribution in [-0.4, -0.2) is 49.8 Å². The van der Waals surface area contributed by atoms with Crippen molar-refractivity contribution in [2.24, 2.45) is 13.0 Å². The van der Waals surface area contributed by atoms with Gasteiger partial charge in [-0.05, 0) is 37.7 Å². The lowest BCUT2D eigenvalue weighted by atomic mass is 9.74. The number of methoxy groups -OCH3 is 1. The average molecular weight is 440 g/mol. The molecule has 3 N–H and O–H groups in total. The number of carbonyl (C=O) groups is 1. The molecule has 2 fully saturated rings. The zero-order chi connectivity index (χ0) is 22.3. The third kappa shape index (κ3) is 4.02. The van der Waals surface area contributed by atoms with Crippen molar-refractivity contribution in [1.29, 1.82) is 0 Å². The molecule has 0 atom stereocenters. The second kappa shape index (κ2) is 8.09. The fourth-order valence-electron chi connectivity index (χ4n) is 4.34. The van der Waals surface area contributed by atoms with Crippen molar-refractivity contribution in [3.8, 4) is 5.75 Å². The Morgan fingerprint density at radius 3 is 2.88 bits per heavy atom. The van der Waals surface area contributed by atoms with Crippen LogP contribution in [0.1, 0.15) is 66.1 Å². The minimum atomic E-state index is -0.249. The van der Waals surface area contributed by atoms with Crippen molar-refractivity contribution < 1.29 is 14.3 Å². The molecule has 0 unspecified atom stereocenters. The second-order valence-corrected chi connectivity index (χ2v) is 9.26. The average Bonchev–Trinajstić information content (AvgIpc) is 3.11. The van der Waals surface area contributed by atoms with E-state index >= 15 is 0 Å². The maximum atomic E-state index is 12.6. The molecule has 10 nitrogen and oxygen atoms in total. The molecule has 3 aromatic heterocycles. The van der Waals surface area contributed by atoms with Crippen LogP contribution in [0.2, 0.25) is 0 Å². The van der Waals surface area contributed by atoms with Crippen LogP contribution in [0, 0.1) is 5.92 Å². The molecule has 0 radical (unpaired) electrons. The molecule has 0 bridgehead atoms. The fourth-order valence-corrected chi connectivity index (χ4v) is 4.34. The molecule has 3 heterocycles. The van der Waals surface area contributed by atoms with Gasteiger partial charge < -0.3 is 14.8 Å². The molecule has 2 aliphatic rings. The van der Waals surface area contributed by atoms with Crippen LogP contribution in [0.25, 0.3) is 0 Å². The summed E-state index contributed by atoms with van der Waals surface area (Å²) in [4.78, 5) is 12.6. The van der Waals surface area contributed by atoms with E-state index in [0.717, 1.165) is 30.0 Å². The lowest BCUT2D eigenvalue weighted by molar-refractivity contribution is 0.101. The van der Waals surface area contributed by atoms with Crippen LogP contribution >= 0.6 is 0 Å². The van der Waals surface area contributed by atoms with Crippen molar-refractivity contribution in [1.82, 2.24) is 30.2 Å². The lowest BCUT2D eigenvalue weighted by Crippen LogP contribution is -2.27. The van der Waals surface area contributed by atoms with Gasteiger partial charge in [-0.25, -0.2) is 0 Å². The summed E-state index contributed by atoms with van der Waals surface area (Å²) >= 11 is 0. The number of nitrogens with zero attached hydrogens (tertiary/aromatic N) is 4. The zero-order valence-electron chi connectivity index (χ0n) is 18.6. The highest BCUT2D eigenvalue weighted by Gasteiger charge is 2.43. The molecule has 170 valence electrons. The van der Waals surface area contributed by atoms with Gasteiger partial charge in [-0.3, -0.25) is 19.7 Å². The maximum Gasteiger partial charge on any atom is 0.275 e. The number of rotatable bonds is 9. The quantitative estimate of drug-likeness (QED) is 0.471. The predicted octanol–water partition coefficient (Wildman–Crippen LogP) is 2.89. The van der Waals surface area contributed by atoms with Crippen LogP contribution in [0.15, 0.2) is 18.3 Å². The fraction of sp³-hybridized carbons (Fsp3) is 0.545. The first kappa shape index (κ1) is 20.7. The third-order valence-electron chi connectivity index (χ3n) is 6.65. The van der Waals surface area contributed by atoms with Gasteiger partial charge in [0.25, 0.3) is 5.91 Å². The zero-order valence-corrected chi connectivity index (χ0v) is 18.6. The molecule has 0 aliphatic heterocycles. The molecular weight excluding hydrogens is 410 g/mol. The Labute approximate surface area is 186 Å². The van der Waals surface area contributed by atoms with Crippen LogP contribution in [-0.2, 0) is 23.8 Å². The van der Waals surface area contributed by atoms with Gasteiger partial charge in [0, 0.05) is 37.3 Å². The molecule has 0 aromatic carbocycles. The molecule has 0 saturated heterocycles. The highest BCUT2D eigenvalue weighted by atomic mass is 16.5. The molecule has 32 heavy (non-hydrogen) atoms. The Morgan fingerprint density at radius 2 is 2.12 bits per heavy atom. The number of aromatic amines is 2. The highest BCUT2D eigenvalue weighted by Crippen LogP contribution is 2.50. The highest BCUT2D eigenvalue weighted by molar-refractivity contribution is 6.02. The molecule has 2 aliphatic carbocycles. The Balaban J connectivity index is 1.11. The summed E-state index contributed by atoms with van der Waals surface area (Å²) in [6, 6.07) is 3.63. The number of carbonyl (C=O) groups excluding carboxylic acids is 1. The van der Waals surface area contributed by atoms with E-state index in [-0.39, 0.29) is 11.3 Å². The molecule has 1 amide bonds. The first-order valence-corrected chi connectivity index (χ1v) is 11.0. The smallest absolute Gasteiger partial charge is 0.275 e. The van der Waals surface area contributed by atoms with Crippen molar-refractivity contribution in [3.63, 3.8) is 0 Å². The summed E-state index contributed by atoms with van der Waals surface area (Å²) in [6.45, 7) is 3.30. The van der Waals surface area contributed by atoms with Crippen molar-refractivity contribution >= 4 is 11.7 Å². The SMILES string of the molecule is COCc1cc(C(=O)Nc2cc(C3CC(COc4cn[nH]c4C4(C)CC4)C3)[nH]n2)n(C)n1. The summed E-state index contributed by atoms with van der Waals surface area (Å²) in [6.07, 6.45) is 6.22. The largest absolute Gasteiger partial charge is 0.490 e. The van der Waals surface area contributed by atoms with Crippen molar-refractivity contribution in [2.45, 2.75) is 50.5 Å². The van der Waals surface area contributed by atoms with Gasteiger partial charge in [-0.2, -0.15) is 15.3 Å². The van der Waals surface area contributed by atoms with E-state index in [0.29, 0.717) is 42.3 Å². The van der Waals surface area contributed by atoms with Gasteiger partial charge in [0.05, 0.1) is 30.8 Å². The van der Waals surface area contributed by atoms with Crippen LogP contribution in [0.3, 0.4) is 0 Å². The van der Waals surface area contributed by atoms with E-state index in [1.54, 1.807) is 31.1 Å². The molecule has 3 aromatic rings. The van der Waals surface area contributed by atoms with Gasteiger partial charge in [-0.1, -0.05) is 6.92 Å². The second-order valence-electron chi connectivity index (χ2n) is 9.26. The van der Waals surface area contributed by atoms with Gasteiger partial charge in [0.15, 0.2) is 11.6 Å². The number of H-pyrrole nitrogens is 2. The summed E-state index contributed by atoms with van der Waals surface area (Å²) in [7, 11) is 3.33. The Hall–Kier alpha value is -3.14. The number of aromatic nitrogens is 6. The van der Waals surface area contributed by atoms with E-state index < -0.39 is 0 Å². The van der Waals surface area contributed by atoms with E-state index in [1.807, 2.05) is 6.07 Å². The maximum absolute atomic E-state index is 12.6. The molecule has 0 spiro atoms. The molecule has 5 rings (SSSR count). The first-order valence-electron chi connectivity index (χ1n) is 11.0. The monoisotopic (exact) mass is 439 g/mol. The van der Waals surface area contributed by atoms with Gasteiger partial charge in [0.1, 0.15) is 5.69 Å². The molecule has 2 saturated carbocycles. The van der Waals surface area contributed by atoms with Gasteiger partial charge in [-0.15, -0.1) is 0 Å². The lowest BCUT2D eigenvalue weighted by Gasteiger charge is -2.34. The summed E-state index contributed by atoms with van der Waals surface area (Å²) in [5, 5.41) is 21.7. The van der Waals surface area contributed by atoms with E-state index in [2.05, 4.69) is 37.7 Å². The number of hydrogen-bond acceptors (Lipinski definition) is 6. The molecular formula is C22H29N7O3. The summed E-state index contributed by atoms with van der Waals surface area (Å²) in [5.41, 5.74) is 3.55. The standard InChI is InChI=1S/C22H29N7O3/c1-22(4-5-22)20-18(10-23-27-20)32-11-13-6-14(7-13)16-9-19(26-25-16)24-21(30)17-8-15(12-31-3)28-29(17)2/h8-10,13-14H,4-7,11-12H2,1-3H3,(H,23,27)(H2,24,25,26,30). The Bertz CT molecular complexity index is 1100. The topological polar surface area (TPSA) is 123 Å². The minimum Gasteiger partial charge on any atom is -0.490 e. The molecule has 10 heteroatoms. The normalized spacial score (nSPS) is 21.2. The van der Waals surface area contributed by atoms with E-state index in [1.165, 1.54) is 12.8 Å². The van der Waals surface area contributed by atoms with E-state index in [4.69, 9.17) is 9.47 Å². The predicted molar refractivity (Wildman–Crippen MR) is 117 cm³/mol. The van der Waals surface area contributed by atoms with Crippen LogP contribution in [0.5, 0.6) is 5.75 Å². The summed E-state index contributed by atoms with van der Waals surface area (Å²) in [5.74, 6) is 2.06. The van der Waals surface area contributed by atoms with Gasteiger partial charge >= 0.3 is 0 Å². The number of nitrogens with one attached hydrogen (secondary N) is 3. The number of anilines is 1. The van der Waals surface area contributed by atoms with Crippen LogP contribution < -0.4 is 10.1 Å². The first-order chi connectivity index (χ1) is 15.4. The number of amides is 1. The minimum absolute atomic E-state index is 0.214. The van der Waals surface area contributed by atoms with Crippen LogP contribution in [0.4, 0.5) is 5.82 Å². The third-order valence-corrected chi connectivity index (χ3v) is 6.65. The van der Waals surface area contributed by atoms with Gasteiger partial charge in [0.2, 0.25) is 0 Å². The number of ether oxygens (including phenoxy) is 2. The van der Waals surface area contributed by atoms with Crippen molar-refractivity contribution in [3.05, 3.63) is 41.1 Å². The summed E-state index contributed by atoms with van der Waals surface area (Å²) < 4.78 is 12.7. The van der Waals surface area contributed by atoms with Crippen molar-refractivity contribution in [2.75, 3.05) is 19.0 Å². The Kier molecular flexibility index (Phi) is 5.24.